The minimum atomic E-state index is -0.0489. The van der Waals surface area contributed by atoms with E-state index in [0.29, 0.717) is 19.6 Å². The van der Waals surface area contributed by atoms with Gasteiger partial charge in [0.15, 0.2) is 0 Å². The second-order valence-corrected chi connectivity index (χ2v) is 7.18. The molecule has 3 aromatic rings. The van der Waals surface area contributed by atoms with Crippen molar-refractivity contribution in [2.24, 2.45) is 0 Å². The molecule has 6 heteroatoms. The summed E-state index contributed by atoms with van der Waals surface area (Å²) in [5, 5.41) is 9.72. The number of hydrogen-bond acceptors (Lipinski definition) is 3. The highest BCUT2D eigenvalue weighted by molar-refractivity contribution is 7.09. The van der Waals surface area contributed by atoms with Crippen molar-refractivity contribution in [1.29, 1.82) is 0 Å². The van der Waals surface area contributed by atoms with E-state index < -0.39 is 0 Å². The van der Waals surface area contributed by atoms with E-state index >= 15 is 0 Å². The lowest BCUT2D eigenvalue weighted by atomic mass is 10.2. The van der Waals surface area contributed by atoms with Gasteiger partial charge in [-0.1, -0.05) is 24.3 Å². The van der Waals surface area contributed by atoms with Crippen molar-refractivity contribution in [3.05, 3.63) is 69.7 Å². The van der Waals surface area contributed by atoms with Crippen LogP contribution in [0.2, 0.25) is 0 Å². The van der Waals surface area contributed by atoms with Gasteiger partial charge >= 0.3 is 6.03 Å². The van der Waals surface area contributed by atoms with Crippen molar-refractivity contribution in [3.63, 3.8) is 0 Å². The highest BCUT2D eigenvalue weighted by Gasteiger charge is 2.16. The smallest absolute Gasteiger partial charge is 0.317 e. The Bertz CT molecular complexity index is 856. The van der Waals surface area contributed by atoms with Crippen LogP contribution in [-0.2, 0) is 13.1 Å². The monoisotopic (exact) mass is 368 g/mol. The van der Waals surface area contributed by atoms with Crippen LogP contribution in [0.5, 0.6) is 0 Å². The van der Waals surface area contributed by atoms with E-state index in [9.17, 15) is 4.79 Å². The van der Waals surface area contributed by atoms with Crippen molar-refractivity contribution in [3.8, 4) is 5.69 Å². The Morgan fingerprint density at radius 1 is 1.19 bits per heavy atom. The zero-order valence-corrected chi connectivity index (χ0v) is 16.2. The zero-order valence-electron chi connectivity index (χ0n) is 15.4. The van der Waals surface area contributed by atoms with Crippen LogP contribution in [0.25, 0.3) is 5.69 Å². The highest BCUT2D eigenvalue weighted by Crippen LogP contribution is 2.18. The maximum atomic E-state index is 12.6. The lowest BCUT2D eigenvalue weighted by Gasteiger charge is -2.20. The van der Waals surface area contributed by atoms with E-state index in [0.717, 1.165) is 22.6 Å². The average Bonchev–Trinajstić information content (AvgIpc) is 3.27. The molecule has 0 radical (unpaired) electrons. The Kier molecular flexibility index (Phi) is 5.73. The number of nitrogens with one attached hydrogen (secondary N) is 1. The molecule has 5 nitrogen and oxygen atoms in total. The average molecular weight is 369 g/mol. The van der Waals surface area contributed by atoms with E-state index in [1.165, 1.54) is 4.88 Å². The fourth-order valence-electron chi connectivity index (χ4n) is 2.95. The second-order valence-electron chi connectivity index (χ2n) is 6.15. The molecule has 2 amide bonds. The molecule has 0 saturated carbocycles. The molecule has 2 heterocycles. The van der Waals surface area contributed by atoms with Gasteiger partial charge in [0.2, 0.25) is 0 Å². The zero-order chi connectivity index (χ0) is 18.5. The summed E-state index contributed by atoms with van der Waals surface area (Å²) < 4.78 is 1.93. The Morgan fingerprint density at radius 3 is 2.62 bits per heavy atom. The van der Waals surface area contributed by atoms with Crippen LogP contribution in [0.15, 0.2) is 47.8 Å². The van der Waals surface area contributed by atoms with Gasteiger partial charge in [0.25, 0.3) is 0 Å². The summed E-state index contributed by atoms with van der Waals surface area (Å²) >= 11 is 1.67. The minimum absolute atomic E-state index is 0.0489. The third-order valence-corrected chi connectivity index (χ3v) is 5.32. The van der Waals surface area contributed by atoms with E-state index in [1.807, 2.05) is 72.1 Å². The first kappa shape index (κ1) is 18.2. The molecule has 0 aliphatic rings. The first-order valence-corrected chi connectivity index (χ1v) is 9.63. The molecule has 0 unspecified atom stereocenters. The summed E-state index contributed by atoms with van der Waals surface area (Å²) in [4.78, 5) is 15.6. The first-order chi connectivity index (χ1) is 12.6. The highest BCUT2D eigenvalue weighted by atomic mass is 32.1. The van der Waals surface area contributed by atoms with Crippen molar-refractivity contribution in [2.45, 2.75) is 33.9 Å². The summed E-state index contributed by atoms with van der Waals surface area (Å²) in [5.41, 5.74) is 4.08. The predicted octanol–water partition coefficient (Wildman–Crippen LogP) is 4.28. The van der Waals surface area contributed by atoms with Gasteiger partial charge in [0, 0.05) is 29.2 Å². The molecule has 0 aliphatic heterocycles. The fourth-order valence-corrected chi connectivity index (χ4v) is 3.66. The standard InChI is InChI=1S/C20H24N4OS/c1-4-23(14-18-11-8-12-26-18)20(25)21-13-19-15(2)22-24(16(19)3)17-9-6-5-7-10-17/h5-12H,4,13-14H2,1-3H3,(H,21,25). The maximum Gasteiger partial charge on any atom is 0.317 e. The Labute approximate surface area is 158 Å². The van der Waals surface area contributed by atoms with Gasteiger partial charge in [-0.15, -0.1) is 11.3 Å². The molecule has 0 atom stereocenters. The van der Waals surface area contributed by atoms with Crippen LogP contribution in [0, 0.1) is 13.8 Å². The molecule has 0 aliphatic carbocycles. The Hall–Kier alpha value is -2.60. The third-order valence-electron chi connectivity index (χ3n) is 4.45. The maximum absolute atomic E-state index is 12.6. The van der Waals surface area contributed by atoms with Crippen LogP contribution >= 0.6 is 11.3 Å². The summed E-state index contributed by atoms with van der Waals surface area (Å²) in [6, 6.07) is 14.1. The summed E-state index contributed by atoms with van der Waals surface area (Å²) in [6.07, 6.45) is 0. The van der Waals surface area contributed by atoms with Crippen molar-refractivity contribution in [2.75, 3.05) is 6.54 Å². The first-order valence-electron chi connectivity index (χ1n) is 8.75. The molecular weight excluding hydrogens is 344 g/mol. The number of para-hydroxylation sites is 1. The molecule has 0 spiro atoms. The number of urea groups is 1. The Balaban J connectivity index is 1.69. The second kappa shape index (κ2) is 8.19. The van der Waals surface area contributed by atoms with E-state index in [4.69, 9.17) is 0 Å². The number of benzene rings is 1. The van der Waals surface area contributed by atoms with Crippen molar-refractivity contribution >= 4 is 17.4 Å². The van der Waals surface area contributed by atoms with Gasteiger partial charge < -0.3 is 10.2 Å². The minimum Gasteiger partial charge on any atom is -0.334 e. The van der Waals surface area contributed by atoms with Gasteiger partial charge in [0.1, 0.15) is 0 Å². The molecule has 0 bridgehead atoms. The summed E-state index contributed by atoms with van der Waals surface area (Å²) in [6.45, 7) is 7.81. The summed E-state index contributed by atoms with van der Waals surface area (Å²) in [7, 11) is 0. The molecule has 26 heavy (non-hydrogen) atoms. The van der Waals surface area contributed by atoms with E-state index in [-0.39, 0.29) is 6.03 Å². The molecule has 0 saturated heterocycles. The molecule has 2 aromatic heterocycles. The molecule has 1 aromatic carbocycles. The number of amides is 2. The molecule has 1 N–H and O–H groups in total. The normalized spacial score (nSPS) is 10.7. The molecule has 0 fully saturated rings. The number of thiophene rings is 1. The van der Waals surface area contributed by atoms with Gasteiger partial charge in [-0.05, 0) is 44.4 Å². The van der Waals surface area contributed by atoms with Crippen LogP contribution in [0.4, 0.5) is 4.79 Å². The van der Waals surface area contributed by atoms with Gasteiger partial charge in [0.05, 0.1) is 17.9 Å². The van der Waals surface area contributed by atoms with E-state index in [1.54, 1.807) is 11.3 Å². The fraction of sp³-hybridized carbons (Fsp3) is 0.300. The van der Waals surface area contributed by atoms with Crippen LogP contribution in [-0.4, -0.2) is 27.3 Å². The van der Waals surface area contributed by atoms with Crippen molar-refractivity contribution < 1.29 is 4.79 Å². The lowest BCUT2D eigenvalue weighted by Crippen LogP contribution is -2.39. The molecular formula is C20H24N4OS. The number of carbonyl (C=O) groups is 1. The van der Waals surface area contributed by atoms with Crippen LogP contribution in [0.1, 0.15) is 28.8 Å². The van der Waals surface area contributed by atoms with Crippen LogP contribution < -0.4 is 5.32 Å². The quantitative estimate of drug-likeness (QED) is 0.706. The summed E-state index contributed by atoms with van der Waals surface area (Å²) in [5.74, 6) is 0. The number of aryl methyl sites for hydroxylation is 1. The predicted molar refractivity (Wildman–Crippen MR) is 106 cm³/mol. The van der Waals surface area contributed by atoms with Gasteiger partial charge in [-0.3, -0.25) is 0 Å². The van der Waals surface area contributed by atoms with Crippen LogP contribution in [0.3, 0.4) is 0 Å². The SMILES string of the molecule is CCN(Cc1cccs1)C(=O)NCc1c(C)nn(-c2ccccc2)c1C. The van der Waals surface area contributed by atoms with Crippen molar-refractivity contribution in [1.82, 2.24) is 20.0 Å². The third kappa shape index (κ3) is 3.96. The number of carbonyl (C=O) groups excluding carboxylic acids is 1. The Morgan fingerprint density at radius 2 is 1.96 bits per heavy atom. The number of aromatic nitrogens is 2. The molecule has 136 valence electrons. The number of nitrogens with zero attached hydrogens (tertiary/aromatic N) is 3. The number of rotatable bonds is 6. The topological polar surface area (TPSA) is 50.2 Å². The van der Waals surface area contributed by atoms with Gasteiger partial charge in [-0.2, -0.15) is 5.10 Å². The van der Waals surface area contributed by atoms with E-state index in [2.05, 4.69) is 16.5 Å². The largest absolute Gasteiger partial charge is 0.334 e. The lowest BCUT2D eigenvalue weighted by molar-refractivity contribution is 0.198. The number of hydrogen-bond donors (Lipinski definition) is 1. The molecule has 3 rings (SSSR count). The van der Waals surface area contributed by atoms with Gasteiger partial charge in [-0.25, -0.2) is 9.48 Å².